The van der Waals surface area contributed by atoms with Crippen molar-refractivity contribution in [1.29, 1.82) is 0 Å². The summed E-state index contributed by atoms with van der Waals surface area (Å²) in [5, 5.41) is 7.58. The van der Waals surface area contributed by atoms with Gasteiger partial charge in [0.05, 0.1) is 18.3 Å². The molecule has 0 radical (unpaired) electrons. The van der Waals surface area contributed by atoms with Gasteiger partial charge in [0, 0.05) is 17.7 Å². The average Bonchev–Trinajstić information content (AvgIpc) is 3.62. The summed E-state index contributed by atoms with van der Waals surface area (Å²) in [6.45, 7) is 3.47. The van der Waals surface area contributed by atoms with Crippen LogP contribution in [0.1, 0.15) is 53.0 Å². The normalized spacial score (nSPS) is 15.9. The lowest BCUT2D eigenvalue weighted by Gasteiger charge is -2.27. The minimum Gasteiger partial charge on any atom is -0.494 e. The zero-order valence-electron chi connectivity index (χ0n) is 20.1. The number of nitrogens with one attached hydrogen (secondary N) is 1. The summed E-state index contributed by atoms with van der Waals surface area (Å²) >= 11 is 0. The van der Waals surface area contributed by atoms with Gasteiger partial charge in [0.15, 0.2) is 11.5 Å². The molecule has 1 N–H and O–H groups in total. The Morgan fingerprint density at radius 3 is 2.64 bits per heavy atom. The van der Waals surface area contributed by atoms with Gasteiger partial charge in [-0.2, -0.15) is 5.10 Å². The number of ether oxygens (including phenoxy) is 3. The predicted octanol–water partition coefficient (Wildman–Crippen LogP) is 5.73. The van der Waals surface area contributed by atoms with E-state index in [0.717, 1.165) is 52.3 Å². The fraction of sp³-hybridized carbons (Fsp3) is 0.241. The molecule has 3 aromatic carbocycles. The second-order valence-corrected chi connectivity index (χ2v) is 9.02. The van der Waals surface area contributed by atoms with Crippen LogP contribution in [-0.2, 0) is 6.54 Å². The zero-order valence-corrected chi connectivity index (χ0v) is 20.1. The molecule has 2 aliphatic heterocycles. The molecule has 182 valence electrons. The summed E-state index contributed by atoms with van der Waals surface area (Å²) in [5.41, 5.74) is 5.16. The van der Waals surface area contributed by atoms with E-state index in [1.165, 1.54) is 0 Å². The van der Waals surface area contributed by atoms with Crippen molar-refractivity contribution in [1.82, 2.24) is 15.1 Å². The van der Waals surface area contributed by atoms with Crippen molar-refractivity contribution < 1.29 is 19.0 Å². The molecule has 4 aromatic rings. The number of benzene rings is 3. The maximum atomic E-state index is 13.7. The van der Waals surface area contributed by atoms with E-state index in [0.29, 0.717) is 24.6 Å². The molecular weight excluding hydrogens is 454 g/mol. The highest BCUT2D eigenvalue weighted by Crippen LogP contribution is 2.44. The Morgan fingerprint density at radius 2 is 1.83 bits per heavy atom. The summed E-state index contributed by atoms with van der Waals surface area (Å²) in [6.07, 6.45) is 2.10. The summed E-state index contributed by atoms with van der Waals surface area (Å²) in [6, 6.07) is 23.5. The van der Waals surface area contributed by atoms with Crippen molar-refractivity contribution in [2.45, 2.75) is 32.4 Å². The fourth-order valence-electron chi connectivity index (χ4n) is 4.84. The number of aromatic nitrogens is 2. The van der Waals surface area contributed by atoms with Crippen LogP contribution in [0.4, 0.5) is 0 Å². The van der Waals surface area contributed by atoms with E-state index in [4.69, 9.17) is 14.2 Å². The van der Waals surface area contributed by atoms with E-state index in [1.807, 2.05) is 77.7 Å². The molecule has 0 saturated heterocycles. The van der Waals surface area contributed by atoms with Crippen LogP contribution >= 0.6 is 0 Å². The van der Waals surface area contributed by atoms with Gasteiger partial charge in [-0.25, -0.2) is 0 Å². The highest BCUT2D eigenvalue weighted by atomic mass is 16.7. The van der Waals surface area contributed by atoms with Crippen LogP contribution in [0.15, 0.2) is 72.8 Å². The van der Waals surface area contributed by atoms with Gasteiger partial charge in [-0.3, -0.25) is 9.89 Å². The molecule has 7 nitrogen and oxygen atoms in total. The van der Waals surface area contributed by atoms with Gasteiger partial charge >= 0.3 is 0 Å². The van der Waals surface area contributed by atoms with Gasteiger partial charge in [0.25, 0.3) is 5.91 Å². The van der Waals surface area contributed by atoms with Crippen LogP contribution in [0.3, 0.4) is 0 Å². The smallest absolute Gasteiger partial charge is 0.273 e. The number of aromatic amines is 1. The number of nitrogens with zero attached hydrogens (tertiary/aromatic N) is 2. The van der Waals surface area contributed by atoms with E-state index in [2.05, 4.69) is 17.1 Å². The van der Waals surface area contributed by atoms with Crippen molar-refractivity contribution in [3.63, 3.8) is 0 Å². The zero-order chi connectivity index (χ0) is 24.5. The molecule has 3 heterocycles. The minimum atomic E-state index is -0.295. The molecule has 2 aliphatic rings. The highest BCUT2D eigenvalue weighted by Gasteiger charge is 2.42. The largest absolute Gasteiger partial charge is 0.494 e. The van der Waals surface area contributed by atoms with Gasteiger partial charge < -0.3 is 19.1 Å². The lowest BCUT2D eigenvalue weighted by atomic mass is 9.96. The van der Waals surface area contributed by atoms with Gasteiger partial charge in [-0.05, 0) is 41.8 Å². The Balaban J connectivity index is 1.38. The maximum Gasteiger partial charge on any atom is 0.273 e. The molecule has 36 heavy (non-hydrogen) atoms. The van der Waals surface area contributed by atoms with E-state index in [1.54, 1.807) is 0 Å². The second-order valence-electron chi connectivity index (χ2n) is 9.02. The number of hydrogen-bond acceptors (Lipinski definition) is 5. The predicted molar refractivity (Wildman–Crippen MR) is 135 cm³/mol. The number of unbranched alkanes of at least 4 members (excludes halogenated alkanes) is 1. The molecule has 7 heteroatoms. The molecule has 1 atom stereocenters. The maximum absolute atomic E-state index is 13.7. The van der Waals surface area contributed by atoms with Crippen LogP contribution in [-0.4, -0.2) is 34.4 Å². The molecule has 6 rings (SSSR count). The lowest BCUT2D eigenvalue weighted by Crippen LogP contribution is -2.29. The minimum absolute atomic E-state index is 0.0781. The Labute approximate surface area is 209 Å². The van der Waals surface area contributed by atoms with Crippen LogP contribution in [0.2, 0.25) is 0 Å². The highest BCUT2D eigenvalue weighted by molar-refractivity contribution is 6.00. The van der Waals surface area contributed by atoms with Gasteiger partial charge in [-0.15, -0.1) is 0 Å². The van der Waals surface area contributed by atoms with Crippen molar-refractivity contribution in [3.8, 4) is 28.5 Å². The lowest BCUT2D eigenvalue weighted by molar-refractivity contribution is 0.0730. The number of carbonyl (C=O) groups is 1. The van der Waals surface area contributed by atoms with E-state index < -0.39 is 0 Å². The Morgan fingerprint density at radius 1 is 1.03 bits per heavy atom. The van der Waals surface area contributed by atoms with Gasteiger partial charge in [0.1, 0.15) is 11.4 Å². The summed E-state index contributed by atoms with van der Waals surface area (Å²) in [5.74, 6) is 2.18. The van der Waals surface area contributed by atoms with Gasteiger partial charge in [0.2, 0.25) is 6.79 Å². The number of carbonyl (C=O) groups excluding carboxylic acids is 1. The molecule has 0 bridgehead atoms. The van der Waals surface area contributed by atoms with Crippen LogP contribution < -0.4 is 14.2 Å². The molecular formula is C29H27N3O4. The third-order valence-electron chi connectivity index (χ3n) is 6.66. The van der Waals surface area contributed by atoms with Crippen LogP contribution in [0, 0.1) is 0 Å². The monoisotopic (exact) mass is 481 g/mol. The molecule has 0 spiro atoms. The first-order valence-electron chi connectivity index (χ1n) is 12.3. The van der Waals surface area contributed by atoms with E-state index >= 15 is 0 Å². The summed E-state index contributed by atoms with van der Waals surface area (Å²) < 4.78 is 16.9. The molecule has 1 aromatic heterocycles. The van der Waals surface area contributed by atoms with Crippen molar-refractivity contribution >= 4 is 5.91 Å². The third kappa shape index (κ3) is 3.96. The fourth-order valence-corrected chi connectivity index (χ4v) is 4.84. The van der Waals surface area contributed by atoms with E-state index in [-0.39, 0.29) is 18.7 Å². The number of H-pyrrole nitrogens is 1. The number of rotatable bonds is 8. The van der Waals surface area contributed by atoms with Crippen LogP contribution in [0.5, 0.6) is 17.2 Å². The topological polar surface area (TPSA) is 76.7 Å². The van der Waals surface area contributed by atoms with Crippen LogP contribution in [0.25, 0.3) is 11.3 Å². The summed E-state index contributed by atoms with van der Waals surface area (Å²) in [7, 11) is 0. The Bertz CT molecular complexity index is 1380. The van der Waals surface area contributed by atoms with Crippen molar-refractivity contribution in [3.05, 3.63) is 95.2 Å². The quantitative estimate of drug-likeness (QED) is 0.325. The van der Waals surface area contributed by atoms with Crippen molar-refractivity contribution in [2.24, 2.45) is 0 Å². The second kappa shape index (κ2) is 9.41. The van der Waals surface area contributed by atoms with Gasteiger partial charge in [-0.1, -0.05) is 61.9 Å². The number of amides is 1. The first-order valence-corrected chi connectivity index (χ1v) is 12.3. The SMILES string of the molecule is CCCCOc1ccc(C2c3c(-c4ccccc4)n[nH]c3C(=O)N2Cc2ccc3c(c2)OCO3)cc1. The Kier molecular flexibility index (Phi) is 5.81. The molecule has 0 fully saturated rings. The number of fused-ring (bicyclic) bond motifs is 2. The van der Waals surface area contributed by atoms with Crippen molar-refractivity contribution in [2.75, 3.05) is 13.4 Å². The average molecular weight is 482 g/mol. The van der Waals surface area contributed by atoms with E-state index in [9.17, 15) is 4.79 Å². The first-order chi connectivity index (χ1) is 17.7. The molecule has 1 amide bonds. The first kappa shape index (κ1) is 22.2. The number of hydrogen-bond donors (Lipinski definition) is 1. The molecule has 0 saturated carbocycles. The third-order valence-corrected chi connectivity index (χ3v) is 6.66. The summed E-state index contributed by atoms with van der Waals surface area (Å²) in [4.78, 5) is 15.6. The Hall–Kier alpha value is -4.26. The standard InChI is InChI=1S/C29H27N3O4/c1-2-3-15-34-22-12-10-21(11-13-22)28-25-26(20-7-5-4-6-8-20)30-31-27(25)29(33)32(28)17-19-9-14-23-24(16-19)36-18-35-23/h4-14,16,28H,2-3,15,17-18H2,1H3,(H,30,31). The molecule has 1 unspecified atom stereocenters. The molecule has 0 aliphatic carbocycles.